The van der Waals surface area contributed by atoms with Crippen LogP contribution in [0.1, 0.15) is 18.5 Å². The molecule has 2 rings (SSSR count). The van der Waals surface area contributed by atoms with Crippen LogP contribution in [0.25, 0.3) is 5.57 Å². The summed E-state index contributed by atoms with van der Waals surface area (Å²) in [5, 5.41) is 5.42. The maximum absolute atomic E-state index is 4.43. The van der Waals surface area contributed by atoms with Crippen LogP contribution in [0.3, 0.4) is 0 Å². The Bertz CT molecular complexity index is 347. The smallest absolute Gasteiger partial charge is 0.0897 e. The molecule has 0 aromatic carbocycles. The number of nitrogens with zero attached hydrogens (tertiary/aromatic N) is 1. The third kappa shape index (κ3) is 1.93. The second-order valence-corrected chi connectivity index (χ2v) is 4.24. The van der Waals surface area contributed by atoms with Crippen LogP contribution in [-0.2, 0) is 0 Å². The molecule has 1 aliphatic rings. The summed E-state index contributed by atoms with van der Waals surface area (Å²) in [6.45, 7) is 0. The zero-order chi connectivity index (χ0) is 9.80. The number of allylic oxidation sites excluding steroid dienone is 1. The van der Waals surface area contributed by atoms with Crippen molar-refractivity contribution in [1.82, 2.24) is 4.98 Å². The second kappa shape index (κ2) is 4.51. The predicted octanol–water partition coefficient (Wildman–Crippen LogP) is 2.99. The maximum Gasteiger partial charge on any atom is 0.0897 e. The fourth-order valence-electron chi connectivity index (χ4n) is 1.60. The van der Waals surface area contributed by atoms with E-state index in [0.717, 1.165) is 17.8 Å². The van der Waals surface area contributed by atoms with Crippen molar-refractivity contribution in [3.05, 3.63) is 29.4 Å². The first kappa shape index (κ1) is 9.59. The van der Waals surface area contributed by atoms with Gasteiger partial charge in [0.05, 0.1) is 11.4 Å². The topological polar surface area (TPSA) is 24.9 Å². The van der Waals surface area contributed by atoms with Gasteiger partial charge < -0.3 is 5.32 Å². The molecule has 0 amide bonds. The number of pyridine rings is 1. The van der Waals surface area contributed by atoms with Gasteiger partial charge in [-0.3, -0.25) is 4.98 Å². The SMILES string of the molecule is CNc1cccnc1C1=CSCCC1. The molecule has 0 atom stereocenters. The molecular weight excluding hydrogens is 192 g/mol. The molecule has 14 heavy (non-hydrogen) atoms. The third-order valence-electron chi connectivity index (χ3n) is 2.32. The molecule has 1 aromatic rings. The Labute approximate surface area is 88.8 Å². The molecule has 2 nitrogen and oxygen atoms in total. The molecule has 0 saturated carbocycles. The second-order valence-electron chi connectivity index (χ2n) is 3.27. The molecule has 0 saturated heterocycles. The molecule has 1 N–H and O–H groups in total. The van der Waals surface area contributed by atoms with Gasteiger partial charge in [-0.15, -0.1) is 11.8 Å². The lowest BCUT2D eigenvalue weighted by Crippen LogP contribution is -2.00. The molecule has 0 unspecified atom stereocenters. The highest BCUT2D eigenvalue weighted by molar-refractivity contribution is 8.02. The van der Waals surface area contributed by atoms with Crippen LogP contribution in [0.4, 0.5) is 5.69 Å². The van der Waals surface area contributed by atoms with Crippen LogP contribution < -0.4 is 5.32 Å². The summed E-state index contributed by atoms with van der Waals surface area (Å²) in [5.74, 6) is 1.24. The number of aromatic nitrogens is 1. The van der Waals surface area contributed by atoms with Gasteiger partial charge in [-0.1, -0.05) is 0 Å². The average molecular weight is 206 g/mol. The molecule has 0 spiro atoms. The van der Waals surface area contributed by atoms with Gasteiger partial charge >= 0.3 is 0 Å². The standard InChI is InChI=1S/C11H14N2S/c1-12-10-5-2-6-13-11(10)9-4-3-7-14-8-9/h2,5-6,8,12H,3-4,7H2,1H3. The van der Waals surface area contributed by atoms with E-state index >= 15 is 0 Å². The zero-order valence-corrected chi connectivity index (χ0v) is 9.10. The Morgan fingerprint density at radius 2 is 2.43 bits per heavy atom. The monoisotopic (exact) mass is 206 g/mol. The number of hydrogen-bond acceptors (Lipinski definition) is 3. The zero-order valence-electron chi connectivity index (χ0n) is 8.29. The fourth-order valence-corrected chi connectivity index (χ4v) is 2.46. The summed E-state index contributed by atoms with van der Waals surface area (Å²) in [7, 11) is 1.94. The molecule has 0 radical (unpaired) electrons. The summed E-state index contributed by atoms with van der Waals surface area (Å²) >= 11 is 1.89. The van der Waals surface area contributed by atoms with Gasteiger partial charge in [0.2, 0.25) is 0 Å². The highest BCUT2D eigenvalue weighted by atomic mass is 32.2. The van der Waals surface area contributed by atoms with Gasteiger partial charge in [-0.05, 0) is 41.7 Å². The molecule has 1 aromatic heterocycles. The fraction of sp³-hybridized carbons (Fsp3) is 0.364. The van der Waals surface area contributed by atoms with Gasteiger partial charge in [0.25, 0.3) is 0 Å². The molecule has 74 valence electrons. The van der Waals surface area contributed by atoms with Crippen molar-refractivity contribution in [1.29, 1.82) is 0 Å². The highest BCUT2D eigenvalue weighted by Crippen LogP contribution is 2.31. The van der Waals surface area contributed by atoms with Gasteiger partial charge in [0.1, 0.15) is 0 Å². The van der Waals surface area contributed by atoms with E-state index in [0.29, 0.717) is 0 Å². The molecule has 0 bridgehead atoms. The summed E-state index contributed by atoms with van der Waals surface area (Å²) in [4.78, 5) is 4.43. The van der Waals surface area contributed by atoms with Crippen molar-refractivity contribution in [2.75, 3.05) is 18.1 Å². The van der Waals surface area contributed by atoms with Gasteiger partial charge in [-0.25, -0.2) is 0 Å². The number of hydrogen-bond donors (Lipinski definition) is 1. The summed E-state index contributed by atoms with van der Waals surface area (Å²) in [6.07, 6.45) is 4.27. The minimum Gasteiger partial charge on any atom is -0.386 e. The minimum absolute atomic E-state index is 1.11. The van der Waals surface area contributed by atoms with Crippen LogP contribution in [0, 0.1) is 0 Å². The number of nitrogens with one attached hydrogen (secondary N) is 1. The van der Waals surface area contributed by atoms with Crippen LogP contribution in [-0.4, -0.2) is 17.8 Å². The van der Waals surface area contributed by atoms with Crippen molar-refractivity contribution < 1.29 is 0 Å². The van der Waals surface area contributed by atoms with E-state index in [2.05, 4.69) is 21.8 Å². The van der Waals surface area contributed by atoms with E-state index in [1.54, 1.807) is 0 Å². The molecule has 1 aliphatic heterocycles. The molecule has 0 fully saturated rings. The third-order valence-corrected chi connectivity index (χ3v) is 3.29. The Hall–Kier alpha value is -0.960. The number of anilines is 1. The van der Waals surface area contributed by atoms with E-state index in [9.17, 15) is 0 Å². The minimum atomic E-state index is 1.11. The van der Waals surface area contributed by atoms with Crippen LogP contribution >= 0.6 is 11.8 Å². The Morgan fingerprint density at radius 1 is 1.50 bits per heavy atom. The van der Waals surface area contributed by atoms with Gasteiger partial charge in [0.15, 0.2) is 0 Å². The summed E-state index contributed by atoms with van der Waals surface area (Å²) in [5.41, 5.74) is 3.61. The van der Waals surface area contributed by atoms with Crippen molar-refractivity contribution in [3.8, 4) is 0 Å². The van der Waals surface area contributed by atoms with Crippen molar-refractivity contribution in [2.45, 2.75) is 12.8 Å². The first-order chi connectivity index (χ1) is 6.92. The van der Waals surface area contributed by atoms with Crippen LogP contribution in [0.2, 0.25) is 0 Å². The number of thioether (sulfide) groups is 1. The quantitative estimate of drug-likeness (QED) is 0.805. The first-order valence-corrected chi connectivity index (χ1v) is 5.90. The molecular formula is C11H14N2S. The van der Waals surface area contributed by atoms with E-state index in [1.165, 1.54) is 17.7 Å². The van der Waals surface area contributed by atoms with E-state index in [-0.39, 0.29) is 0 Å². The lowest BCUT2D eigenvalue weighted by atomic mass is 10.1. The maximum atomic E-state index is 4.43. The van der Waals surface area contributed by atoms with Crippen LogP contribution in [0.15, 0.2) is 23.7 Å². The lowest BCUT2D eigenvalue weighted by molar-refractivity contribution is 0.973. The lowest BCUT2D eigenvalue weighted by Gasteiger charge is -2.14. The highest BCUT2D eigenvalue weighted by Gasteiger charge is 2.10. The van der Waals surface area contributed by atoms with Crippen molar-refractivity contribution in [3.63, 3.8) is 0 Å². The Balaban J connectivity index is 2.34. The normalized spacial score (nSPS) is 16.2. The van der Waals surface area contributed by atoms with Crippen molar-refractivity contribution in [2.24, 2.45) is 0 Å². The van der Waals surface area contributed by atoms with Crippen LogP contribution in [0.5, 0.6) is 0 Å². The number of rotatable bonds is 2. The molecule has 0 aliphatic carbocycles. The summed E-state index contributed by atoms with van der Waals surface area (Å²) < 4.78 is 0. The Morgan fingerprint density at radius 3 is 3.14 bits per heavy atom. The Kier molecular flexibility index (Phi) is 3.09. The van der Waals surface area contributed by atoms with Gasteiger partial charge in [0, 0.05) is 13.2 Å². The largest absolute Gasteiger partial charge is 0.386 e. The molecule has 2 heterocycles. The predicted molar refractivity (Wildman–Crippen MR) is 63.5 cm³/mol. The van der Waals surface area contributed by atoms with E-state index < -0.39 is 0 Å². The first-order valence-electron chi connectivity index (χ1n) is 4.85. The average Bonchev–Trinajstić information content (AvgIpc) is 2.30. The van der Waals surface area contributed by atoms with E-state index in [1.807, 2.05) is 31.1 Å². The van der Waals surface area contributed by atoms with Crippen molar-refractivity contribution >= 4 is 23.0 Å². The summed E-state index contributed by atoms with van der Waals surface area (Å²) in [6, 6.07) is 4.04. The van der Waals surface area contributed by atoms with E-state index in [4.69, 9.17) is 0 Å². The molecule has 3 heteroatoms. The van der Waals surface area contributed by atoms with Gasteiger partial charge in [-0.2, -0.15) is 0 Å².